The van der Waals surface area contributed by atoms with Gasteiger partial charge in [0, 0.05) is 17.8 Å². The average molecular weight is 415 g/mol. The summed E-state index contributed by atoms with van der Waals surface area (Å²) in [5.41, 5.74) is 3.02. The number of benzene rings is 2. The number of aromatic nitrogens is 1. The molecular formula is C25H25N3O3. The van der Waals surface area contributed by atoms with Gasteiger partial charge < -0.3 is 9.47 Å². The van der Waals surface area contributed by atoms with Crippen LogP contribution in [0.25, 0.3) is 11.3 Å². The number of ether oxygens (including phenoxy) is 2. The van der Waals surface area contributed by atoms with E-state index < -0.39 is 0 Å². The molecule has 158 valence electrons. The molecule has 6 nitrogen and oxygen atoms in total. The number of carbonyl (C=O) groups excluding carboxylic acids is 1. The van der Waals surface area contributed by atoms with Crippen LogP contribution in [0.1, 0.15) is 23.2 Å². The maximum Gasteiger partial charge on any atom is 0.266 e. The molecule has 3 heterocycles. The van der Waals surface area contributed by atoms with Gasteiger partial charge in [-0.2, -0.15) is 0 Å². The van der Waals surface area contributed by atoms with Crippen LogP contribution in [-0.2, 0) is 0 Å². The molecule has 5 rings (SSSR count). The van der Waals surface area contributed by atoms with Gasteiger partial charge in [-0.1, -0.05) is 30.3 Å². The fourth-order valence-electron chi connectivity index (χ4n) is 4.03. The highest BCUT2D eigenvalue weighted by atomic mass is 16.5. The molecule has 0 atom stereocenters. The van der Waals surface area contributed by atoms with Crippen molar-refractivity contribution in [3.63, 3.8) is 0 Å². The number of carbonyl (C=O) groups is 1. The van der Waals surface area contributed by atoms with Crippen LogP contribution in [0.5, 0.6) is 11.6 Å². The highest BCUT2D eigenvalue weighted by molar-refractivity contribution is 6.08. The van der Waals surface area contributed by atoms with Crippen LogP contribution in [0.3, 0.4) is 0 Å². The molecule has 0 N–H and O–H groups in total. The van der Waals surface area contributed by atoms with Crippen LogP contribution in [0.4, 0.5) is 5.69 Å². The minimum atomic E-state index is -0.115. The smallest absolute Gasteiger partial charge is 0.266 e. The molecular weight excluding hydrogens is 390 g/mol. The molecule has 2 aromatic carbocycles. The summed E-state index contributed by atoms with van der Waals surface area (Å²) < 4.78 is 11.7. The molecule has 0 aliphatic carbocycles. The highest BCUT2D eigenvalue weighted by Gasteiger charge is 2.28. The number of likely N-dealkylation sites (tertiary alicyclic amines) is 1. The van der Waals surface area contributed by atoms with Crippen molar-refractivity contribution in [2.75, 3.05) is 37.9 Å². The van der Waals surface area contributed by atoms with Gasteiger partial charge in [0.25, 0.3) is 5.91 Å². The SMILES string of the molecule is O=C1c2ccc(-c3ccccc3)nc2OCN1c1ccc(OCCN2CCCC2)cc1. The number of hydrogen-bond acceptors (Lipinski definition) is 5. The Bertz CT molecular complexity index is 1050. The van der Waals surface area contributed by atoms with Gasteiger partial charge in [0.2, 0.25) is 5.88 Å². The monoisotopic (exact) mass is 415 g/mol. The van der Waals surface area contributed by atoms with Crippen LogP contribution >= 0.6 is 0 Å². The third-order valence-electron chi connectivity index (χ3n) is 5.76. The Kier molecular flexibility index (Phi) is 5.54. The molecule has 2 aliphatic heterocycles. The Morgan fingerprint density at radius 2 is 1.71 bits per heavy atom. The standard InChI is InChI=1S/C25H25N3O3/c29-25-22-12-13-23(19-6-2-1-3-7-19)26-24(22)31-18-28(25)20-8-10-21(11-9-20)30-17-16-27-14-4-5-15-27/h1-3,6-13H,4-5,14-18H2. The zero-order valence-electron chi connectivity index (χ0n) is 17.4. The number of anilines is 1. The van der Waals surface area contributed by atoms with Crippen molar-refractivity contribution < 1.29 is 14.3 Å². The molecule has 6 heteroatoms. The number of nitrogens with zero attached hydrogens (tertiary/aromatic N) is 3. The maximum atomic E-state index is 13.0. The van der Waals surface area contributed by atoms with E-state index in [4.69, 9.17) is 9.47 Å². The van der Waals surface area contributed by atoms with E-state index in [-0.39, 0.29) is 12.6 Å². The summed E-state index contributed by atoms with van der Waals surface area (Å²) in [4.78, 5) is 21.6. The van der Waals surface area contributed by atoms with Crippen LogP contribution in [0, 0.1) is 0 Å². The molecule has 3 aromatic rings. The predicted molar refractivity (Wildman–Crippen MR) is 120 cm³/mol. The lowest BCUT2D eigenvalue weighted by Gasteiger charge is -2.28. The Hall–Kier alpha value is -3.38. The first kappa shape index (κ1) is 19.6. The first-order chi connectivity index (χ1) is 15.3. The summed E-state index contributed by atoms with van der Waals surface area (Å²) >= 11 is 0. The van der Waals surface area contributed by atoms with Gasteiger partial charge in [0.15, 0.2) is 6.73 Å². The molecule has 0 radical (unpaired) electrons. The third-order valence-corrected chi connectivity index (χ3v) is 5.76. The van der Waals surface area contributed by atoms with Crippen molar-refractivity contribution in [3.05, 3.63) is 72.3 Å². The van der Waals surface area contributed by atoms with E-state index in [1.807, 2.05) is 60.7 Å². The molecule has 1 saturated heterocycles. The molecule has 1 aromatic heterocycles. The summed E-state index contributed by atoms with van der Waals surface area (Å²) in [6, 6.07) is 21.1. The van der Waals surface area contributed by atoms with Gasteiger partial charge >= 0.3 is 0 Å². The first-order valence-electron chi connectivity index (χ1n) is 10.7. The van der Waals surface area contributed by atoms with Crippen molar-refractivity contribution in [2.24, 2.45) is 0 Å². The second-order valence-electron chi connectivity index (χ2n) is 7.81. The van der Waals surface area contributed by atoms with Crippen LogP contribution < -0.4 is 14.4 Å². The fourth-order valence-corrected chi connectivity index (χ4v) is 4.03. The minimum Gasteiger partial charge on any atom is -0.492 e. The molecule has 0 unspecified atom stereocenters. The molecule has 31 heavy (non-hydrogen) atoms. The third kappa shape index (κ3) is 4.25. The van der Waals surface area contributed by atoms with Crippen molar-refractivity contribution in [1.82, 2.24) is 9.88 Å². The molecule has 1 fully saturated rings. The number of hydrogen-bond donors (Lipinski definition) is 0. The van der Waals surface area contributed by atoms with Crippen molar-refractivity contribution >= 4 is 11.6 Å². The largest absolute Gasteiger partial charge is 0.492 e. The van der Waals surface area contributed by atoms with E-state index >= 15 is 0 Å². The van der Waals surface area contributed by atoms with E-state index in [0.29, 0.717) is 18.1 Å². The first-order valence-corrected chi connectivity index (χ1v) is 10.7. The zero-order valence-corrected chi connectivity index (χ0v) is 17.4. The Morgan fingerprint density at radius 1 is 0.935 bits per heavy atom. The van der Waals surface area contributed by atoms with Crippen LogP contribution in [0.15, 0.2) is 66.7 Å². The normalized spacial score (nSPS) is 16.1. The zero-order chi connectivity index (χ0) is 21.0. The predicted octanol–water partition coefficient (Wildman–Crippen LogP) is 4.22. The number of fused-ring (bicyclic) bond motifs is 1. The fraction of sp³-hybridized carbons (Fsp3) is 0.280. The van der Waals surface area contributed by atoms with E-state index in [1.54, 1.807) is 11.0 Å². The van der Waals surface area contributed by atoms with Gasteiger partial charge in [0.05, 0.1) is 5.69 Å². The van der Waals surface area contributed by atoms with Crippen LogP contribution in [-0.4, -0.2) is 48.8 Å². The highest BCUT2D eigenvalue weighted by Crippen LogP contribution is 2.30. The van der Waals surface area contributed by atoms with E-state index in [0.717, 1.165) is 29.2 Å². The summed E-state index contributed by atoms with van der Waals surface area (Å²) in [5.74, 6) is 1.07. The van der Waals surface area contributed by atoms with Gasteiger partial charge in [-0.05, 0) is 62.3 Å². The Balaban J connectivity index is 1.25. The van der Waals surface area contributed by atoms with Crippen molar-refractivity contribution in [1.29, 1.82) is 0 Å². The van der Waals surface area contributed by atoms with E-state index in [1.165, 1.54) is 25.9 Å². The van der Waals surface area contributed by atoms with Crippen molar-refractivity contribution in [3.8, 4) is 22.9 Å². The topological polar surface area (TPSA) is 54.9 Å². The lowest BCUT2D eigenvalue weighted by atomic mass is 10.1. The second-order valence-corrected chi connectivity index (χ2v) is 7.81. The number of amides is 1. The Morgan fingerprint density at radius 3 is 2.48 bits per heavy atom. The van der Waals surface area contributed by atoms with E-state index in [9.17, 15) is 4.79 Å². The number of pyridine rings is 1. The van der Waals surface area contributed by atoms with Crippen LogP contribution in [0.2, 0.25) is 0 Å². The van der Waals surface area contributed by atoms with Gasteiger partial charge in [-0.15, -0.1) is 0 Å². The summed E-state index contributed by atoms with van der Waals surface area (Å²) in [5, 5.41) is 0. The van der Waals surface area contributed by atoms with Gasteiger partial charge in [-0.25, -0.2) is 4.98 Å². The molecule has 0 bridgehead atoms. The molecule has 0 saturated carbocycles. The summed E-state index contributed by atoms with van der Waals surface area (Å²) in [6.07, 6.45) is 2.57. The molecule has 2 aliphatic rings. The lowest BCUT2D eigenvalue weighted by Crippen LogP contribution is -2.39. The average Bonchev–Trinajstić information content (AvgIpc) is 3.34. The molecule has 1 amide bonds. The summed E-state index contributed by atoms with van der Waals surface area (Å²) in [6.45, 7) is 4.10. The lowest BCUT2D eigenvalue weighted by molar-refractivity contribution is 0.0933. The Labute approximate surface area is 182 Å². The number of rotatable bonds is 6. The van der Waals surface area contributed by atoms with Gasteiger partial charge in [0.1, 0.15) is 17.9 Å². The maximum absolute atomic E-state index is 13.0. The molecule has 0 spiro atoms. The quantitative estimate of drug-likeness (QED) is 0.603. The minimum absolute atomic E-state index is 0.115. The van der Waals surface area contributed by atoms with Crippen molar-refractivity contribution in [2.45, 2.75) is 12.8 Å². The van der Waals surface area contributed by atoms with Gasteiger partial charge in [-0.3, -0.25) is 14.6 Å². The van der Waals surface area contributed by atoms with E-state index in [2.05, 4.69) is 9.88 Å². The summed E-state index contributed by atoms with van der Waals surface area (Å²) in [7, 11) is 0. The second kappa shape index (κ2) is 8.78.